The molecule has 5 nitrogen and oxygen atoms in total. The van der Waals surface area contributed by atoms with Crippen LogP contribution in [0, 0.1) is 10.1 Å². The molecule has 0 spiro atoms. The minimum atomic E-state index is -0.406. The molecule has 0 aliphatic carbocycles. The maximum Gasteiger partial charge on any atom is 0.272 e. The zero-order chi connectivity index (χ0) is 12.7. The Morgan fingerprint density at radius 1 is 1.41 bits per heavy atom. The number of non-ortho nitro benzene ring substituents is 1. The summed E-state index contributed by atoms with van der Waals surface area (Å²) in [4.78, 5) is 11.2. The van der Waals surface area contributed by atoms with Crippen LogP contribution in [0.25, 0.3) is 0 Å². The number of nitrogen functional groups attached to an aromatic ring is 1. The number of benzene rings is 1. The Balaban J connectivity index is 2.70. The molecular formula is C11H17N3O2S. The Hall–Kier alpha value is -1.27. The van der Waals surface area contributed by atoms with Crippen molar-refractivity contribution >= 4 is 23.1 Å². The van der Waals surface area contributed by atoms with Crippen molar-refractivity contribution in [3.8, 4) is 0 Å². The number of nitrogens with two attached hydrogens (primary N) is 1. The molecular weight excluding hydrogens is 238 g/mol. The number of nitrogens with zero attached hydrogens (tertiary/aromatic N) is 1. The molecule has 0 unspecified atom stereocenters. The smallest absolute Gasteiger partial charge is 0.272 e. The summed E-state index contributed by atoms with van der Waals surface area (Å²) in [6, 6.07) is 4.83. The number of thioether (sulfide) groups is 1. The summed E-state index contributed by atoms with van der Waals surface area (Å²) >= 11 is 1.62. The van der Waals surface area contributed by atoms with E-state index in [1.807, 2.05) is 6.07 Å². The zero-order valence-corrected chi connectivity index (χ0v) is 10.6. The van der Waals surface area contributed by atoms with Crippen LogP contribution in [0.2, 0.25) is 0 Å². The van der Waals surface area contributed by atoms with Gasteiger partial charge in [0.25, 0.3) is 5.69 Å². The van der Waals surface area contributed by atoms with Crippen molar-refractivity contribution in [1.29, 1.82) is 0 Å². The third-order valence-electron chi connectivity index (χ3n) is 2.29. The number of nitro groups is 1. The van der Waals surface area contributed by atoms with Crippen LogP contribution in [-0.4, -0.2) is 10.7 Å². The quantitative estimate of drug-likeness (QED) is 0.257. The second-order valence-electron chi connectivity index (χ2n) is 3.67. The van der Waals surface area contributed by atoms with Crippen molar-refractivity contribution in [2.75, 3.05) is 11.2 Å². The summed E-state index contributed by atoms with van der Waals surface area (Å²) in [6.07, 6.45) is 3.48. The van der Waals surface area contributed by atoms with Gasteiger partial charge in [0.15, 0.2) is 0 Å². The minimum Gasteiger partial charge on any atom is -0.324 e. The van der Waals surface area contributed by atoms with Gasteiger partial charge in [0.2, 0.25) is 0 Å². The zero-order valence-electron chi connectivity index (χ0n) is 9.81. The Morgan fingerprint density at radius 2 is 2.18 bits per heavy atom. The third-order valence-corrected chi connectivity index (χ3v) is 3.35. The van der Waals surface area contributed by atoms with Gasteiger partial charge in [-0.3, -0.25) is 16.0 Å². The van der Waals surface area contributed by atoms with E-state index in [4.69, 9.17) is 5.84 Å². The Morgan fingerprint density at radius 3 is 2.76 bits per heavy atom. The molecule has 0 aliphatic rings. The van der Waals surface area contributed by atoms with Gasteiger partial charge >= 0.3 is 0 Å². The largest absolute Gasteiger partial charge is 0.324 e. The summed E-state index contributed by atoms with van der Waals surface area (Å²) in [6.45, 7) is 2.15. The summed E-state index contributed by atoms with van der Waals surface area (Å²) < 4.78 is 0. The van der Waals surface area contributed by atoms with Gasteiger partial charge in [-0.2, -0.15) is 0 Å². The van der Waals surface area contributed by atoms with Crippen LogP contribution < -0.4 is 11.3 Å². The number of hydrogen-bond donors (Lipinski definition) is 2. The molecule has 0 fully saturated rings. The molecule has 94 valence electrons. The highest BCUT2D eigenvalue weighted by molar-refractivity contribution is 7.99. The van der Waals surface area contributed by atoms with Gasteiger partial charge in [0.05, 0.1) is 10.6 Å². The van der Waals surface area contributed by atoms with Gasteiger partial charge in [-0.25, -0.2) is 0 Å². The maximum atomic E-state index is 10.7. The van der Waals surface area contributed by atoms with Gasteiger partial charge in [-0.1, -0.05) is 19.8 Å². The van der Waals surface area contributed by atoms with Gasteiger partial charge < -0.3 is 5.43 Å². The number of nitrogens with one attached hydrogen (secondary N) is 1. The van der Waals surface area contributed by atoms with Crippen molar-refractivity contribution in [2.45, 2.75) is 31.1 Å². The summed E-state index contributed by atoms with van der Waals surface area (Å²) in [5.74, 6) is 6.25. The highest BCUT2D eigenvalue weighted by Crippen LogP contribution is 2.28. The van der Waals surface area contributed by atoms with E-state index in [1.165, 1.54) is 18.9 Å². The van der Waals surface area contributed by atoms with Gasteiger partial charge in [0.1, 0.15) is 0 Å². The van der Waals surface area contributed by atoms with E-state index in [0.29, 0.717) is 5.69 Å². The molecule has 0 saturated heterocycles. The third kappa shape index (κ3) is 4.62. The predicted molar refractivity (Wildman–Crippen MR) is 71.2 cm³/mol. The van der Waals surface area contributed by atoms with Gasteiger partial charge in [-0.15, -0.1) is 11.8 Å². The van der Waals surface area contributed by atoms with Crippen LogP contribution in [0.15, 0.2) is 23.1 Å². The molecule has 1 aromatic rings. The molecule has 0 aromatic heterocycles. The van der Waals surface area contributed by atoms with Gasteiger partial charge in [-0.05, 0) is 18.2 Å². The fourth-order valence-electron chi connectivity index (χ4n) is 1.40. The van der Waals surface area contributed by atoms with Crippen molar-refractivity contribution in [1.82, 2.24) is 0 Å². The van der Waals surface area contributed by atoms with Crippen LogP contribution in [0.1, 0.15) is 26.2 Å². The Labute approximate surface area is 105 Å². The van der Waals surface area contributed by atoms with Crippen molar-refractivity contribution in [2.24, 2.45) is 5.84 Å². The SMILES string of the molecule is CCCCCSc1cc(NN)cc([N+](=O)[O-])c1. The van der Waals surface area contributed by atoms with Crippen LogP contribution in [0.3, 0.4) is 0 Å². The average molecular weight is 255 g/mol. The van der Waals surface area contributed by atoms with E-state index in [0.717, 1.165) is 17.1 Å². The first-order valence-electron chi connectivity index (χ1n) is 5.56. The molecule has 0 aliphatic heterocycles. The van der Waals surface area contributed by atoms with E-state index < -0.39 is 4.92 Å². The van der Waals surface area contributed by atoms with Crippen molar-refractivity contribution in [3.05, 3.63) is 28.3 Å². The van der Waals surface area contributed by atoms with Gasteiger partial charge in [0, 0.05) is 17.0 Å². The van der Waals surface area contributed by atoms with E-state index in [1.54, 1.807) is 17.8 Å². The standard InChI is InChI=1S/C11H17N3O2S/c1-2-3-4-5-17-11-7-9(13-12)6-10(8-11)14(15)16/h6-8,13H,2-5,12H2,1H3. The Bertz CT molecular complexity index is 385. The number of unbranched alkanes of at least 4 members (excludes halogenated alkanes) is 2. The highest BCUT2D eigenvalue weighted by Gasteiger charge is 2.09. The molecule has 0 bridgehead atoms. The topological polar surface area (TPSA) is 81.2 Å². The van der Waals surface area contributed by atoms with Crippen LogP contribution >= 0.6 is 11.8 Å². The number of rotatable bonds is 7. The fraction of sp³-hybridized carbons (Fsp3) is 0.455. The molecule has 1 rings (SSSR count). The second kappa shape index (κ2) is 7.13. The molecule has 0 radical (unpaired) electrons. The predicted octanol–water partition coefficient (Wildman–Crippen LogP) is 3.16. The average Bonchev–Trinajstić information content (AvgIpc) is 2.34. The molecule has 0 heterocycles. The molecule has 3 N–H and O–H groups in total. The first kappa shape index (κ1) is 13.8. The van der Waals surface area contributed by atoms with Crippen LogP contribution in [-0.2, 0) is 0 Å². The van der Waals surface area contributed by atoms with E-state index in [2.05, 4.69) is 12.3 Å². The van der Waals surface area contributed by atoms with Crippen molar-refractivity contribution in [3.63, 3.8) is 0 Å². The lowest BCUT2D eigenvalue weighted by Gasteiger charge is -2.05. The fourth-order valence-corrected chi connectivity index (χ4v) is 2.40. The number of hydrogen-bond acceptors (Lipinski definition) is 5. The van der Waals surface area contributed by atoms with Crippen LogP contribution in [0.4, 0.5) is 11.4 Å². The molecule has 0 saturated carbocycles. The van der Waals surface area contributed by atoms with Crippen molar-refractivity contribution < 1.29 is 4.92 Å². The van der Waals surface area contributed by atoms with E-state index >= 15 is 0 Å². The molecule has 17 heavy (non-hydrogen) atoms. The van der Waals surface area contributed by atoms with E-state index in [9.17, 15) is 10.1 Å². The first-order valence-corrected chi connectivity index (χ1v) is 6.54. The van der Waals surface area contributed by atoms with Crippen LogP contribution in [0.5, 0.6) is 0 Å². The second-order valence-corrected chi connectivity index (χ2v) is 4.84. The lowest BCUT2D eigenvalue weighted by atomic mass is 10.3. The summed E-state index contributed by atoms with van der Waals surface area (Å²) in [5.41, 5.74) is 3.08. The van der Waals surface area contributed by atoms with E-state index in [-0.39, 0.29) is 5.69 Å². The Kier molecular flexibility index (Phi) is 5.79. The minimum absolute atomic E-state index is 0.0680. The highest BCUT2D eigenvalue weighted by atomic mass is 32.2. The maximum absolute atomic E-state index is 10.7. The first-order chi connectivity index (χ1) is 8.17. The summed E-state index contributed by atoms with van der Waals surface area (Å²) in [5, 5.41) is 10.7. The normalized spacial score (nSPS) is 10.2. The molecule has 0 amide bonds. The molecule has 1 aromatic carbocycles. The molecule has 6 heteroatoms. The molecule has 0 atom stereocenters. The number of hydrazine groups is 1. The number of anilines is 1. The monoisotopic (exact) mass is 255 g/mol. The number of nitro benzene ring substituents is 1. The lowest BCUT2D eigenvalue weighted by molar-refractivity contribution is -0.385. The summed E-state index contributed by atoms with van der Waals surface area (Å²) in [7, 11) is 0. The lowest BCUT2D eigenvalue weighted by Crippen LogP contribution is -2.07.